The molecule has 2 N–H and O–H groups in total. The van der Waals surface area contributed by atoms with E-state index in [9.17, 15) is 4.79 Å². The van der Waals surface area contributed by atoms with Gasteiger partial charge < -0.3 is 10.6 Å². The fraction of sp³-hybridized carbons (Fsp3) is 0.0952. The standard InChI is InChI=1S/C21H20N2O/c1-16(17-8-4-2-5-9-17)22-19-12-14-20(15-13-19)23-21(24)18-10-6-3-7-11-18/h2-16,22H,1H3,(H,23,24). The van der Waals surface area contributed by atoms with Crippen molar-refractivity contribution in [2.45, 2.75) is 13.0 Å². The minimum atomic E-state index is -0.103. The van der Waals surface area contributed by atoms with Crippen LogP contribution in [-0.4, -0.2) is 5.91 Å². The number of benzene rings is 3. The lowest BCUT2D eigenvalue weighted by Gasteiger charge is -2.16. The van der Waals surface area contributed by atoms with Crippen molar-refractivity contribution in [3.05, 3.63) is 96.1 Å². The van der Waals surface area contributed by atoms with Crippen LogP contribution in [0.3, 0.4) is 0 Å². The fourth-order valence-corrected chi connectivity index (χ4v) is 2.52. The highest BCUT2D eigenvalue weighted by atomic mass is 16.1. The SMILES string of the molecule is CC(Nc1ccc(NC(=O)c2ccccc2)cc1)c1ccccc1. The van der Waals surface area contributed by atoms with Gasteiger partial charge in [0.1, 0.15) is 0 Å². The van der Waals surface area contributed by atoms with Crippen LogP contribution in [0.5, 0.6) is 0 Å². The summed E-state index contributed by atoms with van der Waals surface area (Å²) in [7, 11) is 0. The molecule has 0 bridgehead atoms. The monoisotopic (exact) mass is 316 g/mol. The van der Waals surface area contributed by atoms with Gasteiger partial charge in [0.25, 0.3) is 5.91 Å². The molecule has 0 aliphatic carbocycles. The molecule has 3 aromatic carbocycles. The molecule has 3 heteroatoms. The maximum atomic E-state index is 12.1. The molecule has 0 saturated heterocycles. The van der Waals surface area contributed by atoms with Crippen molar-refractivity contribution in [2.75, 3.05) is 10.6 Å². The molecule has 24 heavy (non-hydrogen) atoms. The molecule has 0 fully saturated rings. The number of anilines is 2. The summed E-state index contributed by atoms with van der Waals surface area (Å²) in [5.74, 6) is -0.103. The van der Waals surface area contributed by atoms with Gasteiger partial charge in [-0.25, -0.2) is 0 Å². The third-order valence-corrected chi connectivity index (χ3v) is 3.86. The molecule has 1 unspecified atom stereocenters. The Balaban J connectivity index is 1.62. The summed E-state index contributed by atoms with van der Waals surface area (Å²) in [6, 6.07) is 27.5. The predicted octanol–water partition coefficient (Wildman–Crippen LogP) is 5.11. The Morgan fingerprint density at radius 3 is 1.92 bits per heavy atom. The molecule has 3 nitrogen and oxygen atoms in total. The molecular weight excluding hydrogens is 296 g/mol. The minimum Gasteiger partial charge on any atom is -0.379 e. The van der Waals surface area contributed by atoms with Gasteiger partial charge in [-0.05, 0) is 48.9 Å². The van der Waals surface area contributed by atoms with Gasteiger partial charge in [0.05, 0.1) is 0 Å². The average molecular weight is 316 g/mol. The van der Waals surface area contributed by atoms with Crippen molar-refractivity contribution in [2.24, 2.45) is 0 Å². The molecule has 0 aromatic heterocycles. The second-order valence-corrected chi connectivity index (χ2v) is 5.67. The minimum absolute atomic E-state index is 0.103. The van der Waals surface area contributed by atoms with E-state index in [0.29, 0.717) is 5.56 Å². The Morgan fingerprint density at radius 1 is 0.750 bits per heavy atom. The molecular formula is C21H20N2O. The summed E-state index contributed by atoms with van der Waals surface area (Å²) in [5.41, 5.74) is 3.68. The molecule has 0 spiro atoms. The van der Waals surface area contributed by atoms with Crippen molar-refractivity contribution in [3.63, 3.8) is 0 Å². The third-order valence-electron chi connectivity index (χ3n) is 3.86. The lowest BCUT2D eigenvalue weighted by Crippen LogP contribution is -2.11. The van der Waals surface area contributed by atoms with Crippen LogP contribution in [0.25, 0.3) is 0 Å². The Bertz CT molecular complexity index is 783. The summed E-state index contributed by atoms with van der Waals surface area (Å²) >= 11 is 0. The summed E-state index contributed by atoms with van der Waals surface area (Å²) in [6.45, 7) is 2.13. The van der Waals surface area contributed by atoms with Crippen LogP contribution >= 0.6 is 0 Å². The molecule has 0 radical (unpaired) electrons. The van der Waals surface area contributed by atoms with Gasteiger partial charge >= 0.3 is 0 Å². The van der Waals surface area contributed by atoms with Crippen LogP contribution in [0.2, 0.25) is 0 Å². The van der Waals surface area contributed by atoms with E-state index in [-0.39, 0.29) is 11.9 Å². The molecule has 3 aromatic rings. The van der Waals surface area contributed by atoms with Gasteiger partial charge in [-0.2, -0.15) is 0 Å². The van der Waals surface area contributed by atoms with Crippen LogP contribution in [-0.2, 0) is 0 Å². The highest BCUT2D eigenvalue weighted by Gasteiger charge is 2.06. The van der Waals surface area contributed by atoms with E-state index in [1.165, 1.54) is 5.56 Å². The first-order valence-electron chi connectivity index (χ1n) is 8.00. The summed E-state index contributed by atoms with van der Waals surface area (Å²) in [5, 5.41) is 6.36. The van der Waals surface area contributed by atoms with E-state index < -0.39 is 0 Å². The maximum absolute atomic E-state index is 12.1. The fourth-order valence-electron chi connectivity index (χ4n) is 2.52. The first kappa shape index (κ1) is 15.8. The van der Waals surface area contributed by atoms with Gasteiger partial charge in [-0.1, -0.05) is 48.5 Å². The summed E-state index contributed by atoms with van der Waals surface area (Å²) in [4.78, 5) is 12.1. The second kappa shape index (κ2) is 7.47. The van der Waals surface area contributed by atoms with Gasteiger partial charge in [0, 0.05) is 23.0 Å². The number of rotatable bonds is 5. The van der Waals surface area contributed by atoms with E-state index in [4.69, 9.17) is 0 Å². The normalized spacial score (nSPS) is 11.5. The zero-order chi connectivity index (χ0) is 16.8. The second-order valence-electron chi connectivity index (χ2n) is 5.67. The molecule has 0 heterocycles. The molecule has 0 saturated carbocycles. The summed E-state index contributed by atoms with van der Waals surface area (Å²) < 4.78 is 0. The first-order chi connectivity index (χ1) is 11.7. The summed E-state index contributed by atoms with van der Waals surface area (Å²) in [6.07, 6.45) is 0. The molecule has 0 aliphatic rings. The predicted molar refractivity (Wildman–Crippen MR) is 99.3 cm³/mol. The van der Waals surface area contributed by atoms with E-state index in [0.717, 1.165) is 11.4 Å². The lowest BCUT2D eigenvalue weighted by molar-refractivity contribution is 0.102. The van der Waals surface area contributed by atoms with Gasteiger partial charge in [0.15, 0.2) is 0 Å². The molecule has 3 rings (SSSR count). The molecule has 0 aliphatic heterocycles. The smallest absolute Gasteiger partial charge is 0.255 e. The van der Waals surface area contributed by atoms with E-state index in [2.05, 4.69) is 29.7 Å². The third kappa shape index (κ3) is 4.02. The van der Waals surface area contributed by atoms with E-state index in [1.807, 2.05) is 60.7 Å². The Morgan fingerprint density at radius 2 is 1.29 bits per heavy atom. The number of hydrogen-bond donors (Lipinski definition) is 2. The number of carbonyl (C=O) groups is 1. The van der Waals surface area contributed by atoms with Crippen molar-refractivity contribution in [1.29, 1.82) is 0 Å². The van der Waals surface area contributed by atoms with Crippen LogP contribution in [0.15, 0.2) is 84.9 Å². The van der Waals surface area contributed by atoms with Crippen molar-refractivity contribution < 1.29 is 4.79 Å². The van der Waals surface area contributed by atoms with Crippen LogP contribution < -0.4 is 10.6 Å². The quantitative estimate of drug-likeness (QED) is 0.686. The van der Waals surface area contributed by atoms with E-state index >= 15 is 0 Å². The van der Waals surface area contributed by atoms with E-state index in [1.54, 1.807) is 12.1 Å². The van der Waals surface area contributed by atoms with Crippen LogP contribution in [0.1, 0.15) is 28.9 Å². The lowest BCUT2D eigenvalue weighted by atomic mass is 10.1. The largest absolute Gasteiger partial charge is 0.379 e. The molecule has 1 amide bonds. The van der Waals surface area contributed by atoms with Gasteiger partial charge in [-0.3, -0.25) is 4.79 Å². The average Bonchev–Trinajstić information content (AvgIpc) is 2.65. The number of amides is 1. The molecule has 1 atom stereocenters. The van der Waals surface area contributed by atoms with Crippen LogP contribution in [0, 0.1) is 0 Å². The van der Waals surface area contributed by atoms with Crippen molar-refractivity contribution in [3.8, 4) is 0 Å². The van der Waals surface area contributed by atoms with Crippen LogP contribution in [0.4, 0.5) is 11.4 Å². The highest BCUT2D eigenvalue weighted by molar-refractivity contribution is 6.04. The van der Waals surface area contributed by atoms with Crippen molar-refractivity contribution in [1.82, 2.24) is 0 Å². The van der Waals surface area contributed by atoms with Crippen molar-refractivity contribution >= 4 is 17.3 Å². The Kier molecular flexibility index (Phi) is 4.92. The maximum Gasteiger partial charge on any atom is 0.255 e. The first-order valence-corrected chi connectivity index (χ1v) is 8.00. The Labute approximate surface area is 142 Å². The Hall–Kier alpha value is -3.07. The van der Waals surface area contributed by atoms with Gasteiger partial charge in [0.2, 0.25) is 0 Å². The number of carbonyl (C=O) groups excluding carboxylic acids is 1. The number of nitrogens with one attached hydrogen (secondary N) is 2. The molecule has 120 valence electrons. The zero-order valence-electron chi connectivity index (χ0n) is 13.6. The highest BCUT2D eigenvalue weighted by Crippen LogP contribution is 2.21. The zero-order valence-corrected chi connectivity index (χ0v) is 13.6. The number of hydrogen-bond acceptors (Lipinski definition) is 2. The van der Waals surface area contributed by atoms with Gasteiger partial charge in [-0.15, -0.1) is 0 Å². The topological polar surface area (TPSA) is 41.1 Å².